The van der Waals surface area contributed by atoms with Gasteiger partial charge in [-0.3, -0.25) is 4.68 Å². The molecule has 0 bridgehead atoms. The topological polar surface area (TPSA) is 33.1 Å². The molecule has 0 aliphatic heterocycles. The number of nitrogens with zero attached hydrogens (tertiary/aromatic N) is 3. The fourth-order valence-corrected chi connectivity index (χ4v) is 4.57. The van der Waals surface area contributed by atoms with Crippen molar-refractivity contribution in [2.24, 2.45) is 0 Å². The van der Waals surface area contributed by atoms with Crippen molar-refractivity contribution in [3.8, 4) is 11.3 Å². The van der Waals surface area contributed by atoms with Gasteiger partial charge in [-0.15, -0.1) is 11.3 Å². The summed E-state index contributed by atoms with van der Waals surface area (Å²) in [6.07, 6.45) is 2.18. The molecular weight excluding hydrogens is 388 g/mol. The molecule has 2 aromatic carbocycles. The van der Waals surface area contributed by atoms with Gasteiger partial charge in [0.1, 0.15) is 0 Å². The summed E-state index contributed by atoms with van der Waals surface area (Å²) in [6, 6.07) is 25.6. The number of aromatic nitrogens is 2. The average Bonchev–Trinajstić information content (AvgIpc) is 3.43. The first kappa shape index (κ1) is 20.5. The van der Waals surface area contributed by atoms with E-state index in [-0.39, 0.29) is 0 Å². The van der Waals surface area contributed by atoms with Gasteiger partial charge >= 0.3 is 0 Å². The summed E-state index contributed by atoms with van der Waals surface area (Å²) in [5.41, 5.74) is 4.69. The highest BCUT2D eigenvalue weighted by Gasteiger charge is 2.16. The van der Waals surface area contributed by atoms with Gasteiger partial charge in [0.05, 0.1) is 18.3 Å². The Labute approximate surface area is 182 Å². The lowest BCUT2D eigenvalue weighted by molar-refractivity contribution is 0.292. The molecule has 4 rings (SSSR count). The molecule has 4 nitrogen and oxygen atoms in total. The quantitative estimate of drug-likeness (QED) is 0.414. The second kappa shape index (κ2) is 9.85. The average molecular weight is 417 g/mol. The lowest BCUT2D eigenvalue weighted by Crippen LogP contribution is -2.30. The molecule has 2 heterocycles. The van der Waals surface area contributed by atoms with Gasteiger partial charge in [0, 0.05) is 35.3 Å². The molecule has 2 aromatic heterocycles. The minimum absolute atomic E-state index is 0.365. The summed E-state index contributed by atoms with van der Waals surface area (Å²) in [5, 5.41) is 10.7. The SMILES string of the molecule is CN(C)[C@H](CNCc1cn(Cc2ccccc2)nc1-c1ccccc1)c1cccs1. The van der Waals surface area contributed by atoms with E-state index in [1.54, 1.807) is 0 Å². The van der Waals surface area contributed by atoms with Crippen LogP contribution in [-0.4, -0.2) is 35.3 Å². The van der Waals surface area contributed by atoms with Gasteiger partial charge in [-0.25, -0.2) is 0 Å². The Morgan fingerprint density at radius 2 is 1.70 bits per heavy atom. The summed E-state index contributed by atoms with van der Waals surface area (Å²) >= 11 is 1.81. The number of rotatable bonds is 9. The fourth-order valence-electron chi connectivity index (χ4n) is 3.64. The van der Waals surface area contributed by atoms with Crippen molar-refractivity contribution in [2.45, 2.75) is 19.1 Å². The molecule has 0 amide bonds. The molecule has 0 spiro atoms. The van der Waals surface area contributed by atoms with E-state index in [1.165, 1.54) is 16.0 Å². The van der Waals surface area contributed by atoms with Gasteiger partial charge in [0.15, 0.2) is 0 Å². The Kier molecular flexibility index (Phi) is 6.74. The molecule has 0 radical (unpaired) electrons. The molecular formula is C25H28N4S. The van der Waals surface area contributed by atoms with E-state index in [2.05, 4.69) is 101 Å². The second-order valence-electron chi connectivity index (χ2n) is 7.68. The number of likely N-dealkylation sites (N-methyl/N-ethyl adjacent to an activating group) is 1. The van der Waals surface area contributed by atoms with Crippen LogP contribution in [0.25, 0.3) is 11.3 Å². The molecule has 0 saturated heterocycles. The molecule has 5 heteroatoms. The highest BCUT2D eigenvalue weighted by atomic mass is 32.1. The van der Waals surface area contributed by atoms with E-state index in [1.807, 2.05) is 23.5 Å². The van der Waals surface area contributed by atoms with Crippen LogP contribution in [0.3, 0.4) is 0 Å². The van der Waals surface area contributed by atoms with Crippen LogP contribution in [0.2, 0.25) is 0 Å². The van der Waals surface area contributed by atoms with Gasteiger partial charge < -0.3 is 10.2 Å². The van der Waals surface area contributed by atoms with Crippen molar-refractivity contribution >= 4 is 11.3 Å². The van der Waals surface area contributed by atoms with Gasteiger partial charge in [-0.05, 0) is 31.1 Å². The van der Waals surface area contributed by atoms with Crippen LogP contribution in [0.4, 0.5) is 0 Å². The summed E-state index contributed by atoms with van der Waals surface area (Å²) in [6.45, 7) is 2.45. The zero-order chi connectivity index (χ0) is 20.8. The van der Waals surface area contributed by atoms with Crippen LogP contribution < -0.4 is 5.32 Å². The third-order valence-electron chi connectivity index (χ3n) is 5.22. The summed E-state index contributed by atoms with van der Waals surface area (Å²) < 4.78 is 2.05. The van der Waals surface area contributed by atoms with E-state index in [0.29, 0.717) is 6.04 Å². The summed E-state index contributed by atoms with van der Waals surface area (Å²) in [5.74, 6) is 0. The smallest absolute Gasteiger partial charge is 0.0968 e. The van der Waals surface area contributed by atoms with Crippen LogP contribution in [0, 0.1) is 0 Å². The number of hydrogen-bond acceptors (Lipinski definition) is 4. The van der Waals surface area contributed by atoms with Gasteiger partial charge in [-0.2, -0.15) is 5.10 Å². The Balaban J connectivity index is 1.52. The van der Waals surface area contributed by atoms with Crippen LogP contribution in [-0.2, 0) is 13.1 Å². The molecule has 30 heavy (non-hydrogen) atoms. The number of thiophene rings is 1. The van der Waals surface area contributed by atoms with Gasteiger partial charge in [0.25, 0.3) is 0 Å². The third-order valence-corrected chi connectivity index (χ3v) is 6.19. The van der Waals surface area contributed by atoms with Crippen molar-refractivity contribution in [1.29, 1.82) is 0 Å². The Hall–Kier alpha value is -2.73. The normalized spacial score (nSPS) is 12.4. The van der Waals surface area contributed by atoms with Gasteiger partial charge in [-0.1, -0.05) is 66.7 Å². The first-order chi connectivity index (χ1) is 14.7. The Bertz CT molecular complexity index is 1020. The largest absolute Gasteiger partial charge is 0.311 e. The summed E-state index contributed by atoms with van der Waals surface area (Å²) in [4.78, 5) is 3.66. The standard InChI is InChI=1S/C25H28N4S/c1-28(2)23(24-14-9-15-30-24)17-26-16-22-19-29(18-20-10-5-3-6-11-20)27-25(22)21-12-7-4-8-13-21/h3-15,19,23,26H,16-18H2,1-2H3/t23-/m1/s1. The van der Waals surface area contributed by atoms with Crippen molar-refractivity contribution in [2.75, 3.05) is 20.6 Å². The maximum atomic E-state index is 4.93. The molecule has 0 aliphatic rings. The lowest BCUT2D eigenvalue weighted by atomic mass is 10.1. The minimum Gasteiger partial charge on any atom is -0.311 e. The maximum Gasteiger partial charge on any atom is 0.0968 e. The first-order valence-corrected chi connectivity index (χ1v) is 11.1. The second-order valence-corrected chi connectivity index (χ2v) is 8.66. The molecule has 4 aromatic rings. The minimum atomic E-state index is 0.365. The molecule has 154 valence electrons. The number of nitrogens with one attached hydrogen (secondary N) is 1. The number of benzene rings is 2. The predicted molar refractivity (Wildman–Crippen MR) is 126 cm³/mol. The highest BCUT2D eigenvalue weighted by Crippen LogP contribution is 2.24. The van der Waals surface area contributed by atoms with Crippen LogP contribution in [0.15, 0.2) is 84.4 Å². The molecule has 0 aliphatic carbocycles. The van der Waals surface area contributed by atoms with Crippen LogP contribution >= 0.6 is 11.3 Å². The zero-order valence-electron chi connectivity index (χ0n) is 17.5. The monoisotopic (exact) mass is 416 g/mol. The van der Waals surface area contributed by atoms with E-state index in [9.17, 15) is 0 Å². The molecule has 0 fully saturated rings. The van der Waals surface area contributed by atoms with Crippen molar-refractivity contribution < 1.29 is 0 Å². The first-order valence-electron chi connectivity index (χ1n) is 10.3. The van der Waals surface area contributed by atoms with Crippen molar-refractivity contribution in [1.82, 2.24) is 20.0 Å². The Morgan fingerprint density at radius 3 is 2.37 bits per heavy atom. The van der Waals surface area contributed by atoms with Crippen molar-refractivity contribution in [3.63, 3.8) is 0 Å². The summed E-state index contributed by atoms with van der Waals surface area (Å²) in [7, 11) is 4.28. The van der Waals surface area contributed by atoms with E-state index >= 15 is 0 Å². The molecule has 1 N–H and O–H groups in total. The zero-order valence-corrected chi connectivity index (χ0v) is 18.3. The molecule has 0 saturated carbocycles. The van der Waals surface area contributed by atoms with Gasteiger partial charge in [0.2, 0.25) is 0 Å². The molecule has 0 unspecified atom stereocenters. The van der Waals surface area contributed by atoms with E-state index in [4.69, 9.17) is 5.10 Å². The third kappa shape index (κ3) is 5.05. The van der Waals surface area contributed by atoms with Crippen LogP contribution in [0.1, 0.15) is 22.0 Å². The van der Waals surface area contributed by atoms with E-state index < -0.39 is 0 Å². The maximum absolute atomic E-state index is 4.93. The van der Waals surface area contributed by atoms with Crippen LogP contribution in [0.5, 0.6) is 0 Å². The molecule has 1 atom stereocenters. The fraction of sp³-hybridized carbons (Fsp3) is 0.240. The lowest BCUT2D eigenvalue weighted by Gasteiger charge is -2.23. The van der Waals surface area contributed by atoms with E-state index in [0.717, 1.165) is 30.9 Å². The number of hydrogen-bond donors (Lipinski definition) is 1. The highest BCUT2D eigenvalue weighted by molar-refractivity contribution is 7.10. The predicted octanol–water partition coefficient (Wildman–Crippen LogP) is 5.05. The van der Waals surface area contributed by atoms with Crippen molar-refractivity contribution in [3.05, 3.63) is 100 Å². The Morgan fingerprint density at radius 1 is 0.967 bits per heavy atom.